The topological polar surface area (TPSA) is 69.2 Å². The van der Waals surface area contributed by atoms with Gasteiger partial charge < -0.3 is 10.0 Å². The molecule has 1 aliphatic carbocycles. The summed E-state index contributed by atoms with van der Waals surface area (Å²) in [6, 6.07) is 1.77. The lowest BCUT2D eigenvalue weighted by atomic mass is 9.99. The van der Waals surface area contributed by atoms with Gasteiger partial charge in [-0.2, -0.15) is 5.10 Å². The van der Waals surface area contributed by atoms with Gasteiger partial charge in [0.15, 0.2) is 0 Å². The quantitative estimate of drug-likeness (QED) is 0.751. The monoisotopic (exact) mass is 221 g/mol. The Balaban J connectivity index is 1.74. The Morgan fingerprint density at radius 2 is 2.44 bits per heavy atom. The Bertz CT molecular complexity index is 399. The number of carbonyl (C=O) groups is 1. The second-order valence-electron chi connectivity index (χ2n) is 4.79. The van der Waals surface area contributed by atoms with Gasteiger partial charge in [0.25, 0.3) is 0 Å². The number of nitrogens with one attached hydrogen (secondary N) is 1. The van der Waals surface area contributed by atoms with Gasteiger partial charge in [0.1, 0.15) is 5.60 Å². The van der Waals surface area contributed by atoms with E-state index < -0.39 is 5.60 Å². The summed E-state index contributed by atoms with van der Waals surface area (Å²) in [6.45, 7) is 1.04. The third kappa shape index (κ3) is 1.51. The van der Waals surface area contributed by atoms with Gasteiger partial charge in [-0.15, -0.1) is 0 Å². The van der Waals surface area contributed by atoms with E-state index in [1.54, 1.807) is 17.2 Å². The molecule has 1 aromatic rings. The Labute approximate surface area is 93.5 Å². The van der Waals surface area contributed by atoms with Gasteiger partial charge in [-0.25, -0.2) is 0 Å². The van der Waals surface area contributed by atoms with E-state index in [-0.39, 0.29) is 11.8 Å². The molecule has 86 valence electrons. The first-order valence-corrected chi connectivity index (χ1v) is 5.70. The zero-order valence-corrected chi connectivity index (χ0v) is 9.02. The summed E-state index contributed by atoms with van der Waals surface area (Å²) in [5.41, 5.74) is -0.222. The maximum Gasteiger partial charge on any atom is 0.225 e. The summed E-state index contributed by atoms with van der Waals surface area (Å²) < 4.78 is 0. The van der Waals surface area contributed by atoms with Crippen molar-refractivity contribution >= 4 is 5.91 Å². The van der Waals surface area contributed by atoms with Crippen molar-refractivity contribution in [2.75, 3.05) is 13.1 Å². The normalized spacial score (nSPS) is 29.7. The lowest BCUT2D eigenvalue weighted by Gasteiger charge is -2.21. The number of aromatic nitrogens is 2. The molecule has 1 aromatic heterocycles. The fourth-order valence-corrected chi connectivity index (χ4v) is 2.31. The second kappa shape index (κ2) is 3.31. The number of aliphatic hydroxyl groups is 1. The van der Waals surface area contributed by atoms with Crippen molar-refractivity contribution < 1.29 is 9.90 Å². The highest BCUT2D eigenvalue weighted by atomic mass is 16.3. The number of aromatic amines is 1. The molecule has 1 saturated heterocycles. The maximum atomic E-state index is 11.9. The summed E-state index contributed by atoms with van der Waals surface area (Å²) in [5.74, 6) is 0.430. The molecule has 2 heterocycles. The summed E-state index contributed by atoms with van der Waals surface area (Å²) >= 11 is 0. The Kier molecular flexibility index (Phi) is 2.04. The van der Waals surface area contributed by atoms with Gasteiger partial charge in [-0.1, -0.05) is 0 Å². The van der Waals surface area contributed by atoms with Crippen LogP contribution in [0.25, 0.3) is 0 Å². The van der Waals surface area contributed by atoms with E-state index in [2.05, 4.69) is 10.2 Å². The van der Waals surface area contributed by atoms with Crippen LogP contribution in [0.4, 0.5) is 0 Å². The number of hydrogen-bond acceptors (Lipinski definition) is 3. The predicted molar refractivity (Wildman–Crippen MR) is 56.4 cm³/mol. The van der Waals surface area contributed by atoms with Crippen LogP contribution >= 0.6 is 0 Å². The summed E-state index contributed by atoms with van der Waals surface area (Å²) in [5, 5.41) is 17.0. The molecule has 0 bridgehead atoms. The molecule has 1 saturated carbocycles. The SMILES string of the molecule is O=C(C1CC1)N1CCC(O)(c2ccn[nH]2)C1. The zero-order chi connectivity index (χ0) is 11.2. The van der Waals surface area contributed by atoms with Crippen LogP contribution in [0.1, 0.15) is 25.0 Å². The number of nitrogens with zero attached hydrogens (tertiary/aromatic N) is 2. The standard InChI is InChI=1S/C11H15N3O2/c15-10(8-1-2-8)14-6-4-11(16,7-14)9-3-5-12-13-9/h3,5,8,16H,1-2,4,6-7H2,(H,12,13). The summed E-state index contributed by atoms with van der Waals surface area (Å²) in [4.78, 5) is 13.6. The first-order chi connectivity index (χ1) is 7.69. The molecule has 2 fully saturated rings. The number of likely N-dealkylation sites (tertiary alicyclic amines) is 1. The van der Waals surface area contributed by atoms with Gasteiger partial charge in [0.2, 0.25) is 5.91 Å². The zero-order valence-electron chi connectivity index (χ0n) is 9.02. The molecule has 5 nitrogen and oxygen atoms in total. The minimum atomic E-state index is -0.930. The van der Waals surface area contributed by atoms with Gasteiger partial charge in [0.05, 0.1) is 12.2 Å². The van der Waals surface area contributed by atoms with Crippen LogP contribution in [0.2, 0.25) is 0 Å². The Morgan fingerprint density at radius 3 is 3.06 bits per heavy atom. The van der Waals surface area contributed by atoms with E-state index in [1.807, 2.05) is 0 Å². The molecular formula is C11H15N3O2. The number of carbonyl (C=O) groups excluding carboxylic acids is 1. The van der Waals surface area contributed by atoms with Crippen LogP contribution in [-0.4, -0.2) is 39.2 Å². The smallest absolute Gasteiger partial charge is 0.225 e. The fourth-order valence-electron chi connectivity index (χ4n) is 2.31. The minimum absolute atomic E-state index is 0.204. The van der Waals surface area contributed by atoms with E-state index in [9.17, 15) is 9.90 Å². The van der Waals surface area contributed by atoms with Crippen molar-refractivity contribution in [3.63, 3.8) is 0 Å². The third-order valence-electron chi connectivity index (χ3n) is 3.49. The fraction of sp³-hybridized carbons (Fsp3) is 0.636. The highest BCUT2D eigenvalue weighted by Crippen LogP contribution is 2.36. The van der Waals surface area contributed by atoms with Gasteiger partial charge in [-0.3, -0.25) is 9.89 Å². The molecule has 1 amide bonds. The van der Waals surface area contributed by atoms with Crippen molar-refractivity contribution in [3.8, 4) is 0 Å². The van der Waals surface area contributed by atoms with E-state index in [0.29, 0.717) is 25.2 Å². The third-order valence-corrected chi connectivity index (χ3v) is 3.49. The summed E-state index contributed by atoms with van der Waals surface area (Å²) in [6.07, 6.45) is 4.24. The van der Waals surface area contributed by atoms with Crippen LogP contribution in [-0.2, 0) is 10.4 Å². The molecule has 5 heteroatoms. The average Bonchev–Trinajstić information content (AvgIpc) is 2.80. The molecule has 0 radical (unpaired) electrons. The van der Waals surface area contributed by atoms with E-state index >= 15 is 0 Å². The number of hydrogen-bond donors (Lipinski definition) is 2. The number of H-pyrrole nitrogens is 1. The number of rotatable bonds is 2. The van der Waals surface area contributed by atoms with Crippen LogP contribution in [0.15, 0.2) is 12.3 Å². The van der Waals surface area contributed by atoms with Crippen molar-refractivity contribution in [1.29, 1.82) is 0 Å². The van der Waals surface area contributed by atoms with Crippen LogP contribution in [0.3, 0.4) is 0 Å². The lowest BCUT2D eigenvalue weighted by molar-refractivity contribution is -0.132. The Hall–Kier alpha value is -1.36. The lowest BCUT2D eigenvalue weighted by Crippen LogP contribution is -2.35. The highest BCUT2D eigenvalue weighted by molar-refractivity contribution is 5.81. The largest absolute Gasteiger partial charge is 0.382 e. The first kappa shape index (κ1) is 9.84. The number of β-amino-alcohol motifs (C(OH)–C–C–N with tert-alkyl or cyclic N) is 1. The molecule has 1 aliphatic heterocycles. The van der Waals surface area contributed by atoms with Crippen LogP contribution < -0.4 is 0 Å². The van der Waals surface area contributed by atoms with E-state index in [1.165, 1.54) is 0 Å². The average molecular weight is 221 g/mol. The van der Waals surface area contributed by atoms with E-state index in [4.69, 9.17) is 0 Å². The van der Waals surface area contributed by atoms with E-state index in [0.717, 1.165) is 12.8 Å². The molecule has 0 spiro atoms. The molecule has 2 aliphatic rings. The van der Waals surface area contributed by atoms with Crippen molar-refractivity contribution in [2.24, 2.45) is 5.92 Å². The van der Waals surface area contributed by atoms with Crippen molar-refractivity contribution in [3.05, 3.63) is 18.0 Å². The molecule has 2 N–H and O–H groups in total. The van der Waals surface area contributed by atoms with Gasteiger partial charge >= 0.3 is 0 Å². The van der Waals surface area contributed by atoms with Crippen LogP contribution in [0.5, 0.6) is 0 Å². The van der Waals surface area contributed by atoms with Crippen molar-refractivity contribution in [1.82, 2.24) is 15.1 Å². The molecule has 0 aromatic carbocycles. The number of amides is 1. The highest BCUT2D eigenvalue weighted by Gasteiger charge is 2.43. The molecule has 16 heavy (non-hydrogen) atoms. The first-order valence-electron chi connectivity index (χ1n) is 5.70. The molecular weight excluding hydrogens is 206 g/mol. The minimum Gasteiger partial charge on any atom is -0.382 e. The molecule has 3 rings (SSSR count). The predicted octanol–water partition coefficient (Wildman–Crippen LogP) is 0.240. The second-order valence-corrected chi connectivity index (χ2v) is 4.79. The van der Waals surface area contributed by atoms with Gasteiger partial charge in [0, 0.05) is 25.1 Å². The molecule has 1 unspecified atom stereocenters. The van der Waals surface area contributed by atoms with Gasteiger partial charge in [-0.05, 0) is 18.9 Å². The summed E-state index contributed by atoms with van der Waals surface area (Å²) in [7, 11) is 0. The van der Waals surface area contributed by atoms with Crippen molar-refractivity contribution in [2.45, 2.75) is 24.9 Å². The maximum absolute atomic E-state index is 11.9. The molecule has 1 atom stereocenters. The van der Waals surface area contributed by atoms with Crippen LogP contribution in [0, 0.1) is 5.92 Å². The Morgan fingerprint density at radius 1 is 1.62 bits per heavy atom.